The first-order valence-corrected chi connectivity index (χ1v) is 8.39. The minimum absolute atomic E-state index is 0.00847. The average molecular weight is 339 g/mol. The lowest BCUT2D eigenvalue weighted by molar-refractivity contribution is -0.120. The summed E-state index contributed by atoms with van der Waals surface area (Å²) in [5, 5.41) is 12.3. The SMILES string of the molecule is CCCNC(=O)C(C)Sc1nnc(-c2ccccc2Cl)n1C. The van der Waals surface area contributed by atoms with Gasteiger partial charge in [0.25, 0.3) is 0 Å². The Labute approximate surface area is 139 Å². The second-order valence-electron chi connectivity index (χ2n) is 4.90. The van der Waals surface area contributed by atoms with Crippen LogP contribution < -0.4 is 5.32 Å². The fourth-order valence-corrected chi connectivity index (χ4v) is 2.96. The summed E-state index contributed by atoms with van der Waals surface area (Å²) in [6, 6.07) is 7.50. The van der Waals surface area contributed by atoms with E-state index < -0.39 is 0 Å². The molecular formula is C15H19ClN4OS. The minimum Gasteiger partial charge on any atom is -0.355 e. The van der Waals surface area contributed by atoms with Crippen molar-refractivity contribution in [2.75, 3.05) is 6.54 Å². The molecule has 5 nitrogen and oxygen atoms in total. The number of rotatable bonds is 6. The molecule has 0 aliphatic heterocycles. The highest BCUT2D eigenvalue weighted by Gasteiger charge is 2.19. The average Bonchev–Trinajstić information content (AvgIpc) is 2.86. The van der Waals surface area contributed by atoms with Gasteiger partial charge in [0.15, 0.2) is 11.0 Å². The molecule has 0 radical (unpaired) electrons. The Morgan fingerprint density at radius 3 is 2.82 bits per heavy atom. The third-order valence-corrected chi connectivity index (χ3v) is 4.61. The van der Waals surface area contributed by atoms with Gasteiger partial charge in [-0.05, 0) is 25.5 Å². The summed E-state index contributed by atoms with van der Waals surface area (Å²) in [7, 11) is 1.87. The summed E-state index contributed by atoms with van der Waals surface area (Å²) in [5.74, 6) is 0.698. The summed E-state index contributed by atoms with van der Waals surface area (Å²) < 4.78 is 1.86. The van der Waals surface area contributed by atoms with Gasteiger partial charge in [0.1, 0.15) is 0 Å². The van der Waals surface area contributed by atoms with Crippen LogP contribution in [-0.4, -0.2) is 32.5 Å². The molecule has 1 atom stereocenters. The summed E-state index contributed by atoms with van der Waals surface area (Å²) >= 11 is 7.59. The maximum absolute atomic E-state index is 11.9. The van der Waals surface area contributed by atoms with Crippen molar-refractivity contribution in [1.29, 1.82) is 0 Å². The van der Waals surface area contributed by atoms with E-state index in [2.05, 4.69) is 15.5 Å². The highest BCUT2D eigenvalue weighted by Crippen LogP contribution is 2.29. The third kappa shape index (κ3) is 3.81. The summed E-state index contributed by atoms with van der Waals surface area (Å²) in [4.78, 5) is 11.9. The van der Waals surface area contributed by atoms with Gasteiger partial charge >= 0.3 is 0 Å². The smallest absolute Gasteiger partial charge is 0.233 e. The van der Waals surface area contributed by atoms with Crippen LogP contribution in [0, 0.1) is 0 Å². The molecule has 1 heterocycles. The van der Waals surface area contributed by atoms with Crippen LogP contribution in [-0.2, 0) is 11.8 Å². The van der Waals surface area contributed by atoms with Crippen LogP contribution in [0.4, 0.5) is 0 Å². The van der Waals surface area contributed by atoms with Crippen LogP contribution >= 0.6 is 23.4 Å². The number of aromatic nitrogens is 3. The number of amides is 1. The Balaban J connectivity index is 2.15. The fraction of sp³-hybridized carbons (Fsp3) is 0.400. The molecule has 0 aliphatic carbocycles. The van der Waals surface area contributed by atoms with E-state index in [0.29, 0.717) is 22.5 Å². The first kappa shape index (κ1) is 16.8. The van der Waals surface area contributed by atoms with Crippen LogP contribution in [0.5, 0.6) is 0 Å². The standard InChI is InChI=1S/C15H19ClN4OS/c1-4-9-17-14(21)10(2)22-15-19-18-13(20(15)3)11-7-5-6-8-12(11)16/h5-8,10H,4,9H2,1-3H3,(H,17,21). The zero-order valence-corrected chi connectivity index (χ0v) is 14.4. The van der Waals surface area contributed by atoms with Crippen molar-refractivity contribution < 1.29 is 4.79 Å². The molecular weight excluding hydrogens is 320 g/mol. The molecule has 118 valence electrons. The molecule has 1 amide bonds. The highest BCUT2D eigenvalue weighted by molar-refractivity contribution is 8.00. The van der Waals surface area contributed by atoms with Gasteiger partial charge < -0.3 is 9.88 Å². The number of nitrogens with zero attached hydrogens (tertiary/aromatic N) is 3. The predicted molar refractivity (Wildman–Crippen MR) is 90.1 cm³/mol. The fourth-order valence-electron chi connectivity index (χ4n) is 1.90. The highest BCUT2D eigenvalue weighted by atomic mass is 35.5. The van der Waals surface area contributed by atoms with Crippen LogP contribution in [0.15, 0.2) is 29.4 Å². The van der Waals surface area contributed by atoms with E-state index in [1.165, 1.54) is 11.8 Å². The van der Waals surface area contributed by atoms with Crippen molar-refractivity contribution in [3.63, 3.8) is 0 Å². The molecule has 2 aromatic rings. The Hall–Kier alpha value is -1.53. The number of thioether (sulfide) groups is 1. The van der Waals surface area contributed by atoms with E-state index in [9.17, 15) is 4.79 Å². The molecule has 0 aliphatic rings. The number of carbonyl (C=O) groups excluding carboxylic acids is 1. The van der Waals surface area contributed by atoms with Crippen LogP contribution in [0.1, 0.15) is 20.3 Å². The molecule has 1 aromatic carbocycles. The Morgan fingerprint density at radius 2 is 2.14 bits per heavy atom. The summed E-state index contributed by atoms with van der Waals surface area (Å²) in [5.41, 5.74) is 0.828. The number of carbonyl (C=O) groups is 1. The van der Waals surface area contributed by atoms with Gasteiger partial charge in [0.05, 0.1) is 10.3 Å². The third-order valence-electron chi connectivity index (χ3n) is 3.15. The molecule has 22 heavy (non-hydrogen) atoms. The molecule has 0 spiro atoms. The first-order valence-electron chi connectivity index (χ1n) is 7.13. The van der Waals surface area contributed by atoms with Crippen molar-refractivity contribution in [2.45, 2.75) is 30.7 Å². The van der Waals surface area contributed by atoms with E-state index in [4.69, 9.17) is 11.6 Å². The predicted octanol–water partition coefficient (Wildman–Crippen LogP) is 3.14. The molecule has 0 saturated heterocycles. The van der Waals surface area contributed by atoms with E-state index in [1.54, 1.807) is 0 Å². The minimum atomic E-state index is -0.228. The molecule has 1 N–H and O–H groups in total. The van der Waals surface area contributed by atoms with E-state index in [-0.39, 0.29) is 11.2 Å². The molecule has 0 saturated carbocycles. The second-order valence-corrected chi connectivity index (χ2v) is 6.61. The lowest BCUT2D eigenvalue weighted by atomic mass is 10.2. The quantitative estimate of drug-likeness (QED) is 0.822. The zero-order chi connectivity index (χ0) is 16.1. The number of hydrogen-bond acceptors (Lipinski definition) is 4. The van der Waals surface area contributed by atoms with Crippen molar-refractivity contribution in [1.82, 2.24) is 20.1 Å². The largest absolute Gasteiger partial charge is 0.355 e. The summed E-state index contributed by atoms with van der Waals surface area (Å²) in [6.45, 7) is 4.57. The van der Waals surface area contributed by atoms with Crippen LogP contribution in [0.2, 0.25) is 5.02 Å². The number of hydrogen-bond donors (Lipinski definition) is 1. The first-order chi connectivity index (χ1) is 10.5. The molecule has 1 aromatic heterocycles. The lowest BCUT2D eigenvalue weighted by Gasteiger charge is -2.11. The number of nitrogens with one attached hydrogen (secondary N) is 1. The van der Waals surface area contributed by atoms with Gasteiger partial charge in [-0.3, -0.25) is 4.79 Å². The Kier molecular flexibility index (Phi) is 5.85. The van der Waals surface area contributed by atoms with Gasteiger partial charge in [-0.25, -0.2) is 0 Å². The molecule has 2 rings (SSSR count). The Bertz CT molecular complexity index is 659. The van der Waals surface area contributed by atoms with Crippen molar-refractivity contribution in [3.05, 3.63) is 29.3 Å². The second kappa shape index (κ2) is 7.65. The van der Waals surface area contributed by atoms with Gasteiger partial charge in [-0.2, -0.15) is 0 Å². The monoisotopic (exact) mass is 338 g/mol. The van der Waals surface area contributed by atoms with Gasteiger partial charge in [0.2, 0.25) is 5.91 Å². The van der Waals surface area contributed by atoms with E-state index in [0.717, 1.165) is 12.0 Å². The maximum Gasteiger partial charge on any atom is 0.233 e. The lowest BCUT2D eigenvalue weighted by Crippen LogP contribution is -2.31. The maximum atomic E-state index is 11.9. The Morgan fingerprint density at radius 1 is 1.41 bits per heavy atom. The topological polar surface area (TPSA) is 59.8 Å². The van der Waals surface area contributed by atoms with Crippen molar-refractivity contribution in [3.8, 4) is 11.4 Å². The van der Waals surface area contributed by atoms with Gasteiger partial charge in [-0.15, -0.1) is 10.2 Å². The van der Waals surface area contributed by atoms with Gasteiger partial charge in [0, 0.05) is 19.2 Å². The normalized spacial score (nSPS) is 12.2. The number of halogens is 1. The van der Waals surface area contributed by atoms with Crippen molar-refractivity contribution >= 4 is 29.3 Å². The summed E-state index contributed by atoms with van der Waals surface area (Å²) in [6.07, 6.45) is 0.920. The molecule has 7 heteroatoms. The van der Waals surface area contributed by atoms with E-state index in [1.807, 2.05) is 49.7 Å². The van der Waals surface area contributed by atoms with Crippen LogP contribution in [0.3, 0.4) is 0 Å². The zero-order valence-electron chi connectivity index (χ0n) is 12.8. The van der Waals surface area contributed by atoms with Crippen LogP contribution in [0.25, 0.3) is 11.4 Å². The molecule has 0 bridgehead atoms. The molecule has 1 unspecified atom stereocenters. The van der Waals surface area contributed by atoms with E-state index >= 15 is 0 Å². The molecule has 0 fully saturated rings. The van der Waals surface area contributed by atoms with Gasteiger partial charge in [-0.1, -0.05) is 42.4 Å². The number of benzene rings is 1. The van der Waals surface area contributed by atoms with Crippen molar-refractivity contribution in [2.24, 2.45) is 7.05 Å².